The predicted octanol–water partition coefficient (Wildman–Crippen LogP) is 3.36. The fourth-order valence-electron chi connectivity index (χ4n) is 4.26. The fraction of sp³-hybridized carbons (Fsp3) is 0.192. The fourth-order valence-corrected chi connectivity index (χ4v) is 6.32. The molecule has 178 valence electrons. The van der Waals surface area contributed by atoms with Crippen molar-refractivity contribution in [1.82, 2.24) is 8.55 Å². The van der Waals surface area contributed by atoms with Crippen molar-refractivity contribution in [2.75, 3.05) is 19.0 Å². The van der Waals surface area contributed by atoms with Crippen molar-refractivity contribution in [3.8, 4) is 5.75 Å². The van der Waals surface area contributed by atoms with E-state index in [1.54, 1.807) is 41.9 Å². The quantitative estimate of drug-likeness (QED) is 0.224. The third-order valence-corrected chi connectivity index (χ3v) is 8.41. The Morgan fingerprint density at radius 1 is 1.14 bits per heavy atom. The minimum absolute atomic E-state index is 0.0219. The molecule has 9 heteroatoms. The molecule has 0 saturated heterocycles. The number of fused-ring (bicyclic) bond motifs is 2. The molecule has 0 radical (unpaired) electrons. The number of amides is 1. The van der Waals surface area contributed by atoms with Crippen molar-refractivity contribution in [3.05, 3.63) is 80.9 Å². The van der Waals surface area contributed by atoms with Gasteiger partial charge in [0.25, 0.3) is 0 Å². The van der Waals surface area contributed by atoms with E-state index in [4.69, 9.17) is 9.47 Å². The van der Waals surface area contributed by atoms with Crippen LogP contribution < -0.4 is 15.6 Å². The second kappa shape index (κ2) is 9.09. The number of rotatable bonds is 6. The van der Waals surface area contributed by atoms with Crippen molar-refractivity contribution in [2.45, 2.75) is 20.4 Å². The number of methoxy groups -OCH3 is 1. The van der Waals surface area contributed by atoms with Gasteiger partial charge < -0.3 is 4.74 Å². The van der Waals surface area contributed by atoms with Crippen LogP contribution >= 0.6 is 0 Å². The summed E-state index contributed by atoms with van der Waals surface area (Å²) in [5.41, 5.74) is 4.34. The number of nitrogens with one attached hydrogen (secondary N) is 2. The average molecular weight is 536 g/mol. The third-order valence-electron chi connectivity index (χ3n) is 6.06. The van der Waals surface area contributed by atoms with Crippen LogP contribution in [0.25, 0.3) is 21.3 Å². The first-order chi connectivity index (χ1) is 16.9. The number of esters is 1. The number of carbonyl (C=O) groups is 2. The van der Waals surface area contributed by atoms with E-state index in [1.807, 2.05) is 31.2 Å². The van der Waals surface area contributed by atoms with E-state index >= 15 is 0 Å². The SMILES string of the molecule is COc1ccc2c(c1)/C(=C/c1[nH]c(C)c(C(=O)OCCn3[se]c4ccccc4c3=O)c1C)C(=O)N2. The number of anilines is 1. The van der Waals surface area contributed by atoms with E-state index in [2.05, 4.69) is 10.3 Å². The molecule has 1 aliphatic heterocycles. The number of aryl methyl sites for hydroxylation is 1. The molecule has 4 aromatic rings. The molecule has 0 saturated carbocycles. The first kappa shape index (κ1) is 23.0. The molecule has 0 aliphatic carbocycles. The van der Waals surface area contributed by atoms with Crippen molar-refractivity contribution < 1.29 is 19.1 Å². The standard InChI is InChI=1S/C26H23N3O5Se/c1-14-21(13-19-18-12-16(33-3)8-9-20(18)28-24(19)30)27-15(2)23(14)26(32)34-11-10-29-25(31)17-6-4-5-7-22(17)35-29/h4-9,12-13,27H,10-11H2,1-3H3,(H,28,30)/b19-13-. The van der Waals surface area contributed by atoms with Gasteiger partial charge in [-0.05, 0) is 12.1 Å². The molecule has 5 rings (SSSR count). The monoisotopic (exact) mass is 537 g/mol. The van der Waals surface area contributed by atoms with Crippen LogP contribution in [-0.2, 0) is 16.1 Å². The average Bonchev–Trinajstić information content (AvgIpc) is 3.44. The van der Waals surface area contributed by atoms with Crippen LogP contribution in [0.1, 0.15) is 32.9 Å². The summed E-state index contributed by atoms with van der Waals surface area (Å²) in [6.45, 7) is 4.06. The predicted molar refractivity (Wildman–Crippen MR) is 135 cm³/mol. The van der Waals surface area contributed by atoms with Crippen molar-refractivity contribution in [1.29, 1.82) is 0 Å². The molecule has 1 amide bonds. The summed E-state index contributed by atoms with van der Waals surface area (Å²) < 4.78 is 13.6. The summed E-state index contributed by atoms with van der Waals surface area (Å²) in [4.78, 5) is 41.2. The molecule has 35 heavy (non-hydrogen) atoms. The topological polar surface area (TPSA) is 102 Å². The molecule has 2 aromatic heterocycles. The van der Waals surface area contributed by atoms with E-state index in [-0.39, 0.29) is 32.8 Å². The van der Waals surface area contributed by atoms with Gasteiger partial charge in [0.05, 0.1) is 7.11 Å². The number of hydrogen-bond donors (Lipinski definition) is 2. The summed E-state index contributed by atoms with van der Waals surface area (Å²) in [6.07, 6.45) is 1.74. The second-order valence-electron chi connectivity index (χ2n) is 8.22. The number of hydrogen-bond acceptors (Lipinski definition) is 5. The Labute approximate surface area is 207 Å². The van der Waals surface area contributed by atoms with Gasteiger partial charge in [0, 0.05) is 0 Å². The third kappa shape index (κ3) is 4.13. The molecule has 2 aromatic carbocycles. The number of ether oxygens (including phenoxy) is 2. The summed E-state index contributed by atoms with van der Waals surface area (Å²) in [7, 11) is 1.57. The Kier molecular flexibility index (Phi) is 5.96. The number of benzene rings is 2. The van der Waals surface area contributed by atoms with E-state index < -0.39 is 5.97 Å². The number of aromatic amines is 1. The van der Waals surface area contributed by atoms with E-state index in [0.29, 0.717) is 46.1 Å². The van der Waals surface area contributed by atoms with Gasteiger partial charge in [0.15, 0.2) is 0 Å². The van der Waals surface area contributed by atoms with E-state index in [0.717, 1.165) is 15.2 Å². The van der Waals surface area contributed by atoms with Gasteiger partial charge in [-0.2, -0.15) is 0 Å². The van der Waals surface area contributed by atoms with Crippen LogP contribution in [0.15, 0.2) is 47.3 Å². The second-order valence-corrected chi connectivity index (χ2v) is 10.4. The summed E-state index contributed by atoms with van der Waals surface area (Å²) in [5, 5.41) is 3.57. The molecule has 8 nitrogen and oxygen atoms in total. The number of aromatic nitrogens is 2. The molecular weight excluding hydrogens is 513 g/mol. The van der Waals surface area contributed by atoms with Crippen LogP contribution in [0.2, 0.25) is 0 Å². The maximum atomic E-state index is 12.9. The first-order valence-electron chi connectivity index (χ1n) is 11.0. The molecular formula is C26H23N3O5Se. The van der Waals surface area contributed by atoms with Gasteiger partial charge in [-0.15, -0.1) is 0 Å². The number of H-pyrrole nitrogens is 1. The summed E-state index contributed by atoms with van der Waals surface area (Å²) in [5.74, 6) is -0.0338. The zero-order valence-corrected chi connectivity index (χ0v) is 21.1. The molecule has 3 heterocycles. The van der Waals surface area contributed by atoms with E-state index in [1.165, 1.54) is 0 Å². The van der Waals surface area contributed by atoms with Crippen LogP contribution in [0.5, 0.6) is 5.75 Å². The normalized spacial score (nSPS) is 13.8. The van der Waals surface area contributed by atoms with Gasteiger partial charge >= 0.3 is 178 Å². The maximum absolute atomic E-state index is 12.9. The Bertz CT molecular complexity index is 1570. The van der Waals surface area contributed by atoms with E-state index in [9.17, 15) is 14.4 Å². The Hall–Kier alpha value is -3.81. The summed E-state index contributed by atoms with van der Waals surface area (Å²) in [6, 6.07) is 13.0. The van der Waals surface area contributed by atoms with Crippen molar-refractivity contribution >= 4 is 53.6 Å². The van der Waals surface area contributed by atoms with Gasteiger partial charge in [-0.25, -0.2) is 0 Å². The van der Waals surface area contributed by atoms with Crippen LogP contribution in [0, 0.1) is 13.8 Å². The Morgan fingerprint density at radius 3 is 2.71 bits per heavy atom. The molecule has 0 unspecified atom stereocenters. The van der Waals surface area contributed by atoms with Gasteiger partial charge in [-0.3, -0.25) is 0 Å². The molecule has 2 N–H and O–H groups in total. The number of carbonyl (C=O) groups excluding carboxylic acids is 2. The van der Waals surface area contributed by atoms with Crippen LogP contribution in [-0.4, -0.2) is 48.9 Å². The molecule has 0 spiro atoms. The molecule has 0 fully saturated rings. The Balaban J connectivity index is 1.35. The van der Waals surface area contributed by atoms with Crippen LogP contribution in [0.4, 0.5) is 5.69 Å². The zero-order chi connectivity index (χ0) is 24.7. The van der Waals surface area contributed by atoms with Crippen LogP contribution in [0.3, 0.4) is 0 Å². The van der Waals surface area contributed by atoms with Gasteiger partial charge in [0.1, 0.15) is 5.75 Å². The molecule has 0 atom stereocenters. The minimum atomic E-state index is -0.462. The Morgan fingerprint density at radius 2 is 1.94 bits per heavy atom. The molecule has 0 bridgehead atoms. The number of nitrogens with zero attached hydrogens (tertiary/aromatic N) is 1. The first-order valence-corrected chi connectivity index (χ1v) is 12.7. The van der Waals surface area contributed by atoms with Crippen molar-refractivity contribution in [2.24, 2.45) is 0 Å². The molecule has 1 aliphatic rings. The van der Waals surface area contributed by atoms with Crippen molar-refractivity contribution in [3.63, 3.8) is 0 Å². The zero-order valence-electron chi connectivity index (χ0n) is 19.4. The summed E-state index contributed by atoms with van der Waals surface area (Å²) >= 11 is -0.111. The van der Waals surface area contributed by atoms with Gasteiger partial charge in [-0.1, -0.05) is 0 Å². The van der Waals surface area contributed by atoms with Gasteiger partial charge in [0.2, 0.25) is 0 Å².